The van der Waals surface area contributed by atoms with Gasteiger partial charge in [-0.2, -0.15) is 0 Å². The zero-order valence-electron chi connectivity index (χ0n) is 6.72. The van der Waals surface area contributed by atoms with Crippen LogP contribution < -0.4 is 10.6 Å². The molecule has 4 heteroatoms. The Labute approximate surface area is 66.3 Å². The standard InChI is InChI=1S/C7H14N2O2/c1-6(10)9-4-7-5-11-3-2-8-7/h7-8H,2-5H2,1H3,(H,9,10). The van der Waals surface area contributed by atoms with E-state index in [1.54, 1.807) is 0 Å². The van der Waals surface area contributed by atoms with E-state index in [1.807, 2.05) is 0 Å². The topological polar surface area (TPSA) is 50.4 Å². The van der Waals surface area contributed by atoms with Crippen LogP contribution in [-0.2, 0) is 9.53 Å². The van der Waals surface area contributed by atoms with E-state index >= 15 is 0 Å². The van der Waals surface area contributed by atoms with Gasteiger partial charge in [-0.15, -0.1) is 0 Å². The normalized spacial score (nSPS) is 24.6. The lowest BCUT2D eigenvalue weighted by Crippen LogP contribution is -2.47. The summed E-state index contributed by atoms with van der Waals surface area (Å²) >= 11 is 0. The van der Waals surface area contributed by atoms with Crippen LogP contribution >= 0.6 is 0 Å². The van der Waals surface area contributed by atoms with Gasteiger partial charge >= 0.3 is 0 Å². The summed E-state index contributed by atoms with van der Waals surface area (Å²) in [5.74, 6) is 0.0115. The van der Waals surface area contributed by atoms with Crippen LogP contribution in [0.15, 0.2) is 0 Å². The van der Waals surface area contributed by atoms with Crippen LogP contribution in [0.25, 0.3) is 0 Å². The molecule has 1 amide bonds. The Morgan fingerprint density at radius 2 is 2.64 bits per heavy atom. The molecule has 1 aliphatic heterocycles. The lowest BCUT2D eigenvalue weighted by molar-refractivity contribution is -0.119. The molecule has 0 radical (unpaired) electrons. The largest absolute Gasteiger partial charge is 0.378 e. The first-order valence-corrected chi connectivity index (χ1v) is 3.84. The van der Waals surface area contributed by atoms with E-state index < -0.39 is 0 Å². The highest BCUT2D eigenvalue weighted by atomic mass is 16.5. The van der Waals surface area contributed by atoms with Crippen molar-refractivity contribution in [2.24, 2.45) is 0 Å². The molecule has 11 heavy (non-hydrogen) atoms. The van der Waals surface area contributed by atoms with Crippen LogP contribution in [0, 0.1) is 0 Å². The van der Waals surface area contributed by atoms with Gasteiger partial charge in [0.2, 0.25) is 5.91 Å². The quantitative estimate of drug-likeness (QED) is 0.548. The molecule has 1 aliphatic rings. The first kappa shape index (κ1) is 8.49. The van der Waals surface area contributed by atoms with Crippen LogP contribution in [0.2, 0.25) is 0 Å². The molecule has 2 N–H and O–H groups in total. The third-order valence-electron chi connectivity index (χ3n) is 1.60. The Balaban J connectivity index is 2.09. The van der Waals surface area contributed by atoms with Gasteiger partial charge in [0.1, 0.15) is 0 Å². The zero-order chi connectivity index (χ0) is 8.10. The number of hydrogen-bond acceptors (Lipinski definition) is 3. The Bertz CT molecular complexity index is 132. The molecule has 0 aromatic carbocycles. The number of carbonyl (C=O) groups excluding carboxylic acids is 1. The maximum absolute atomic E-state index is 10.5. The SMILES string of the molecule is CC(=O)NCC1COCCN1. The second-order valence-electron chi connectivity index (χ2n) is 2.66. The van der Waals surface area contributed by atoms with Gasteiger partial charge in [0.15, 0.2) is 0 Å². The van der Waals surface area contributed by atoms with Crippen LogP contribution in [0.1, 0.15) is 6.92 Å². The van der Waals surface area contributed by atoms with Crippen LogP contribution in [0.4, 0.5) is 0 Å². The van der Waals surface area contributed by atoms with Crippen LogP contribution in [0.3, 0.4) is 0 Å². The number of rotatable bonds is 2. The van der Waals surface area contributed by atoms with Crippen LogP contribution in [0.5, 0.6) is 0 Å². The van der Waals surface area contributed by atoms with E-state index in [9.17, 15) is 4.79 Å². The van der Waals surface area contributed by atoms with E-state index in [2.05, 4.69) is 10.6 Å². The van der Waals surface area contributed by atoms with Gasteiger partial charge in [-0.05, 0) is 0 Å². The molecular weight excluding hydrogens is 144 g/mol. The minimum atomic E-state index is 0.0115. The maximum atomic E-state index is 10.5. The molecule has 0 aromatic rings. The summed E-state index contributed by atoms with van der Waals surface area (Å²) in [6.45, 7) is 4.53. The molecule has 0 aromatic heterocycles. The average Bonchev–Trinajstić information content (AvgIpc) is 2.03. The Hall–Kier alpha value is -0.610. The van der Waals surface area contributed by atoms with E-state index in [0.29, 0.717) is 13.2 Å². The van der Waals surface area contributed by atoms with Crippen molar-refractivity contribution < 1.29 is 9.53 Å². The number of ether oxygens (including phenoxy) is 1. The van der Waals surface area contributed by atoms with Crippen molar-refractivity contribution in [2.45, 2.75) is 13.0 Å². The molecular formula is C7H14N2O2. The zero-order valence-corrected chi connectivity index (χ0v) is 6.72. The molecule has 64 valence electrons. The molecule has 1 rings (SSSR count). The van der Waals surface area contributed by atoms with Crippen molar-refractivity contribution in [3.05, 3.63) is 0 Å². The molecule has 0 saturated carbocycles. The van der Waals surface area contributed by atoms with Crippen molar-refractivity contribution in [1.29, 1.82) is 0 Å². The third-order valence-corrected chi connectivity index (χ3v) is 1.60. The number of amides is 1. The highest BCUT2D eigenvalue weighted by molar-refractivity contribution is 5.72. The summed E-state index contributed by atoms with van der Waals surface area (Å²) in [4.78, 5) is 10.5. The first-order valence-electron chi connectivity index (χ1n) is 3.84. The highest BCUT2D eigenvalue weighted by Gasteiger charge is 2.12. The van der Waals surface area contributed by atoms with Crippen LogP contribution in [-0.4, -0.2) is 38.3 Å². The number of nitrogens with one attached hydrogen (secondary N) is 2. The fourth-order valence-corrected chi connectivity index (χ4v) is 1.02. The molecule has 0 aliphatic carbocycles. The van der Waals surface area contributed by atoms with Crippen molar-refractivity contribution >= 4 is 5.91 Å². The Morgan fingerprint density at radius 1 is 1.82 bits per heavy atom. The third kappa shape index (κ3) is 3.34. The number of carbonyl (C=O) groups is 1. The van der Waals surface area contributed by atoms with E-state index in [4.69, 9.17) is 4.74 Å². The second-order valence-corrected chi connectivity index (χ2v) is 2.66. The van der Waals surface area contributed by atoms with E-state index in [1.165, 1.54) is 6.92 Å². The second kappa shape index (κ2) is 4.31. The van der Waals surface area contributed by atoms with E-state index in [-0.39, 0.29) is 11.9 Å². The summed E-state index contributed by atoms with van der Waals surface area (Å²) < 4.78 is 5.20. The van der Waals surface area contributed by atoms with Gasteiger partial charge in [-0.3, -0.25) is 4.79 Å². The fraction of sp³-hybridized carbons (Fsp3) is 0.857. The molecule has 1 saturated heterocycles. The summed E-state index contributed by atoms with van der Waals surface area (Å²) in [6.07, 6.45) is 0. The lowest BCUT2D eigenvalue weighted by Gasteiger charge is -2.23. The summed E-state index contributed by atoms with van der Waals surface area (Å²) in [7, 11) is 0. The molecule has 1 fully saturated rings. The smallest absolute Gasteiger partial charge is 0.216 e. The molecule has 0 spiro atoms. The Kier molecular flexibility index (Phi) is 3.32. The van der Waals surface area contributed by atoms with Gasteiger partial charge in [0.05, 0.1) is 13.2 Å². The minimum Gasteiger partial charge on any atom is -0.378 e. The predicted molar refractivity (Wildman–Crippen MR) is 41.3 cm³/mol. The van der Waals surface area contributed by atoms with Crippen molar-refractivity contribution in [2.75, 3.05) is 26.3 Å². The lowest BCUT2D eigenvalue weighted by atomic mass is 10.3. The molecule has 1 atom stereocenters. The Morgan fingerprint density at radius 3 is 3.18 bits per heavy atom. The van der Waals surface area contributed by atoms with Gasteiger partial charge in [0.25, 0.3) is 0 Å². The van der Waals surface area contributed by atoms with Crippen molar-refractivity contribution in [3.63, 3.8) is 0 Å². The minimum absolute atomic E-state index is 0.0115. The van der Waals surface area contributed by atoms with Gasteiger partial charge < -0.3 is 15.4 Å². The number of hydrogen-bond donors (Lipinski definition) is 2. The average molecular weight is 158 g/mol. The molecule has 0 bridgehead atoms. The van der Waals surface area contributed by atoms with E-state index in [0.717, 1.165) is 13.2 Å². The summed E-state index contributed by atoms with van der Waals surface area (Å²) in [5, 5.41) is 5.97. The summed E-state index contributed by atoms with van der Waals surface area (Å²) in [6, 6.07) is 0.285. The maximum Gasteiger partial charge on any atom is 0.216 e. The number of morpholine rings is 1. The molecule has 1 unspecified atom stereocenters. The van der Waals surface area contributed by atoms with Gasteiger partial charge in [-0.1, -0.05) is 0 Å². The highest BCUT2D eigenvalue weighted by Crippen LogP contribution is 1.90. The summed E-state index contributed by atoms with van der Waals surface area (Å²) in [5.41, 5.74) is 0. The first-order chi connectivity index (χ1) is 5.29. The van der Waals surface area contributed by atoms with Gasteiger partial charge in [0, 0.05) is 26.1 Å². The molecule has 1 heterocycles. The van der Waals surface area contributed by atoms with Gasteiger partial charge in [-0.25, -0.2) is 0 Å². The van der Waals surface area contributed by atoms with Crippen molar-refractivity contribution in [3.8, 4) is 0 Å². The fourth-order valence-electron chi connectivity index (χ4n) is 1.02. The predicted octanol–water partition coefficient (Wildman–Crippen LogP) is -0.889. The van der Waals surface area contributed by atoms with Crippen molar-refractivity contribution in [1.82, 2.24) is 10.6 Å². The molecule has 4 nitrogen and oxygen atoms in total. The monoisotopic (exact) mass is 158 g/mol.